The predicted octanol–water partition coefficient (Wildman–Crippen LogP) is 4.13. The lowest BCUT2D eigenvalue weighted by atomic mass is 10.1. The van der Waals surface area contributed by atoms with Crippen LogP contribution in [0.4, 0.5) is 19.0 Å². The van der Waals surface area contributed by atoms with Crippen molar-refractivity contribution >= 4 is 17.7 Å². The van der Waals surface area contributed by atoms with Gasteiger partial charge in [0.25, 0.3) is 0 Å². The number of carbonyl (C=O) groups excluding carboxylic acids is 2. The highest BCUT2D eigenvalue weighted by Crippen LogP contribution is 2.23. The number of esters is 1. The number of aryl methyl sites for hydroxylation is 2. The van der Waals surface area contributed by atoms with Crippen molar-refractivity contribution in [2.75, 3.05) is 5.32 Å². The molecular formula is C24H27F3N6O4. The molecule has 1 amide bonds. The van der Waals surface area contributed by atoms with Gasteiger partial charge in [0.1, 0.15) is 11.4 Å². The summed E-state index contributed by atoms with van der Waals surface area (Å²) in [5.74, 6) is -1.14. The molecule has 2 heterocycles. The summed E-state index contributed by atoms with van der Waals surface area (Å²) in [5.41, 5.74) is 0.625. The lowest BCUT2D eigenvalue weighted by Crippen LogP contribution is -2.24. The molecule has 0 saturated heterocycles. The Balaban J connectivity index is 1.41. The van der Waals surface area contributed by atoms with Crippen molar-refractivity contribution in [2.24, 2.45) is 0 Å². The van der Waals surface area contributed by atoms with E-state index in [1.165, 1.54) is 12.1 Å². The van der Waals surface area contributed by atoms with Crippen LogP contribution < -0.4 is 10.1 Å². The van der Waals surface area contributed by atoms with Gasteiger partial charge in [0.05, 0.1) is 18.3 Å². The van der Waals surface area contributed by atoms with Crippen molar-refractivity contribution in [3.63, 3.8) is 0 Å². The van der Waals surface area contributed by atoms with Crippen LogP contribution in [0, 0.1) is 0 Å². The molecule has 1 N–H and O–H groups in total. The van der Waals surface area contributed by atoms with Gasteiger partial charge in [-0.25, -0.2) is 4.79 Å². The number of rotatable bonds is 10. The second-order valence-electron chi connectivity index (χ2n) is 9.16. The van der Waals surface area contributed by atoms with Crippen molar-refractivity contribution < 1.29 is 32.2 Å². The van der Waals surface area contributed by atoms with Gasteiger partial charge < -0.3 is 14.8 Å². The molecule has 0 atom stereocenters. The number of carbonyl (C=O) groups is 2. The number of aromatic nitrogens is 5. The fourth-order valence-corrected chi connectivity index (χ4v) is 3.20. The summed E-state index contributed by atoms with van der Waals surface area (Å²) in [6.07, 6.45) is -1.24. The molecule has 0 saturated carbocycles. The van der Waals surface area contributed by atoms with Gasteiger partial charge in [-0.2, -0.15) is 5.10 Å². The minimum atomic E-state index is -4.81. The number of anilines is 1. The molecule has 0 radical (unpaired) electrons. The second kappa shape index (κ2) is 11.8. The zero-order valence-corrected chi connectivity index (χ0v) is 20.6. The summed E-state index contributed by atoms with van der Waals surface area (Å²) < 4.78 is 47.8. The summed E-state index contributed by atoms with van der Waals surface area (Å²) >= 11 is 0. The van der Waals surface area contributed by atoms with Crippen LogP contribution in [0.2, 0.25) is 0 Å². The molecule has 0 spiro atoms. The number of hydrogen-bond donors (Lipinski definition) is 1. The van der Waals surface area contributed by atoms with Crippen LogP contribution in [0.3, 0.4) is 0 Å². The van der Waals surface area contributed by atoms with Crippen molar-refractivity contribution in [3.05, 3.63) is 59.5 Å². The molecule has 13 heteroatoms. The summed E-state index contributed by atoms with van der Waals surface area (Å²) in [6.45, 7) is 5.89. The number of hydrogen-bond acceptors (Lipinski definition) is 8. The number of alkyl halides is 3. The summed E-state index contributed by atoms with van der Waals surface area (Å²) in [5, 5.41) is 18.4. The van der Waals surface area contributed by atoms with E-state index in [4.69, 9.17) is 4.74 Å². The maximum atomic E-state index is 12.4. The third-order valence-corrected chi connectivity index (χ3v) is 4.70. The van der Waals surface area contributed by atoms with Gasteiger partial charge in [0.15, 0.2) is 11.5 Å². The zero-order chi connectivity index (χ0) is 27.1. The topological polar surface area (TPSA) is 121 Å². The first-order valence-corrected chi connectivity index (χ1v) is 11.5. The summed E-state index contributed by atoms with van der Waals surface area (Å²) in [6, 6.07) is 8.55. The standard InChI is InChI=1S/C24H27F3N6O4/c1-23(2,3)37-22(35)19-15-33(32-30-19)12-5-4-8-17-10-11-20(31-29-17)28-21(34)14-16-7-6-9-18(13-16)36-24(25,26)27/h6-7,9-11,13,15H,4-5,8,12,14H2,1-3H3,(H,28,31,34). The number of unbranched alkanes of at least 4 members (excludes halogenated alkanes) is 1. The Kier molecular flexibility index (Phi) is 8.79. The molecule has 1 aromatic carbocycles. The maximum absolute atomic E-state index is 12.4. The van der Waals surface area contributed by atoms with E-state index in [0.29, 0.717) is 18.5 Å². The SMILES string of the molecule is CC(C)(C)OC(=O)c1cn(CCCCc2ccc(NC(=O)Cc3cccc(OC(F)(F)F)c3)nn2)nn1. The van der Waals surface area contributed by atoms with E-state index in [-0.39, 0.29) is 17.9 Å². The Hall–Kier alpha value is -4.03. The van der Waals surface area contributed by atoms with Gasteiger partial charge in [0, 0.05) is 6.54 Å². The van der Waals surface area contributed by atoms with Gasteiger partial charge in [0.2, 0.25) is 5.91 Å². The number of ether oxygens (including phenoxy) is 2. The monoisotopic (exact) mass is 520 g/mol. The Morgan fingerprint density at radius 3 is 2.49 bits per heavy atom. The number of halogens is 3. The normalized spacial score (nSPS) is 11.7. The molecule has 3 rings (SSSR count). The van der Waals surface area contributed by atoms with Gasteiger partial charge in [-0.05, 0) is 69.9 Å². The van der Waals surface area contributed by atoms with Gasteiger partial charge in [-0.1, -0.05) is 17.3 Å². The van der Waals surface area contributed by atoms with Crippen LogP contribution >= 0.6 is 0 Å². The lowest BCUT2D eigenvalue weighted by Gasteiger charge is -2.18. The van der Waals surface area contributed by atoms with E-state index in [1.807, 2.05) is 0 Å². The average Bonchev–Trinajstić information content (AvgIpc) is 3.25. The smallest absolute Gasteiger partial charge is 0.455 e. The number of nitrogens with one attached hydrogen (secondary N) is 1. The van der Waals surface area contributed by atoms with Crippen LogP contribution in [-0.4, -0.2) is 49.0 Å². The first-order chi connectivity index (χ1) is 17.4. The molecule has 0 bridgehead atoms. The molecule has 2 aromatic heterocycles. The van der Waals surface area contributed by atoms with Gasteiger partial charge in [-0.15, -0.1) is 23.4 Å². The molecule has 0 aliphatic rings. The van der Waals surface area contributed by atoms with Crippen molar-refractivity contribution in [1.29, 1.82) is 0 Å². The van der Waals surface area contributed by atoms with E-state index in [1.54, 1.807) is 43.8 Å². The highest BCUT2D eigenvalue weighted by atomic mass is 19.4. The zero-order valence-electron chi connectivity index (χ0n) is 20.6. The van der Waals surface area contributed by atoms with Crippen molar-refractivity contribution in [1.82, 2.24) is 25.2 Å². The van der Waals surface area contributed by atoms with Crippen LogP contribution in [0.15, 0.2) is 42.6 Å². The first kappa shape index (κ1) is 27.6. The Morgan fingerprint density at radius 1 is 1.03 bits per heavy atom. The van der Waals surface area contributed by atoms with E-state index in [0.717, 1.165) is 30.7 Å². The molecule has 198 valence electrons. The molecular weight excluding hydrogens is 493 g/mol. The minimum absolute atomic E-state index is 0.153. The molecule has 3 aromatic rings. The Labute approximate surface area is 211 Å². The molecule has 10 nitrogen and oxygen atoms in total. The highest BCUT2D eigenvalue weighted by molar-refractivity contribution is 5.91. The van der Waals surface area contributed by atoms with Crippen LogP contribution in [0.25, 0.3) is 0 Å². The van der Waals surface area contributed by atoms with Gasteiger partial charge in [-0.3, -0.25) is 9.48 Å². The molecule has 0 fully saturated rings. The van der Waals surface area contributed by atoms with E-state index in [2.05, 4.69) is 30.6 Å². The average molecular weight is 521 g/mol. The molecule has 0 aliphatic carbocycles. The third kappa shape index (κ3) is 9.86. The fraction of sp³-hybridized carbons (Fsp3) is 0.417. The van der Waals surface area contributed by atoms with E-state index >= 15 is 0 Å². The number of amides is 1. The maximum Gasteiger partial charge on any atom is 0.573 e. The van der Waals surface area contributed by atoms with Gasteiger partial charge >= 0.3 is 12.3 Å². The predicted molar refractivity (Wildman–Crippen MR) is 126 cm³/mol. The Morgan fingerprint density at radius 2 is 1.81 bits per heavy atom. The lowest BCUT2D eigenvalue weighted by molar-refractivity contribution is -0.274. The molecule has 0 unspecified atom stereocenters. The quantitative estimate of drug-likeness (QED) is 0.313. The summed E-state index contributed by atoms with van der Waals surface area (Å²) in [4.78, 5) is 24.2. The van der Waals surface area contributed by atoms with Crippen LogP contribution in [0.5, 0.6) is 5.75 Å². The fourth-order valence-electron chi connectivity index (χ4n) is 3.20. The Bertz CT molecular complexity index is 1210. The number of nitrogens with zero attached hydrogens (tertiary/aromatic N) is 5. The van der Waals surface area contributed by atoms with E-state index < -0.39 is 29.6 Å². The van der Waals surface area contributed by atoms with E-state index in [9.17, 15) is 22.8 Å². The van der Waals surface area contributed by atoms with Crippen molar-refractivity contribution in [2.45, 2.75) is 65.0 Å². The highest BCUT2D eigenvalue weighted by Gasteiger charge is 2.31. The third-order valence-electron chi connectivity index (χ3n) is 4.70. The van der Waals surface area contributed by atoms with Crippen LogP contribution in [-0.2, 0) is 28.9 Å². The summed E-state index contributed by atoms with van der Waals surface area (Å²) in [7, 11) is 0. The second-order valence-corrected chi connectivity index (χ2v) is 9.16. The van der Waals surface area contributed by atoms with Crippen molar-refractivity contribution in [3.8, 4) is 5.75 Å². The first-order valence-electron chi connectivity index (χ1n) is 11.5. The molecule has 0 aliphatic heterocycles. The minimum Gasteiger partial charge on any atom is -0.455 e. The molecule has 37 heavy (non-hydrogen) atoms. The van der Waals surface area contributed by atoms with Crippen LogP contribution in [0.1, 0.15) is 55.4 Å². The number of benzene rings is 1. The largest absolute Gasteiger partial charge is 0.573 e.